The lowest BCUT2D eigenvalue weighted by Gasteiger charge is -2.22. The summed E-state index contributed by atoms with van der Waals surface area (Å²) in [5.41, 5.74) is 0. The van der Waals surface area contributed by atoms with Crippen molar-refractivity contribution >= 4 is 39.7 Å². The molecule has 0 unspecified atom stereocenters. The molecule has 1 fully saturated rings. The molecule has 0 spiro atoms. The number of carbonyl (C=O) groups is 3. The van der Waals surface area contributed by atoms with E-state index in [9.17, 15) is 24.5 Å². The number of hydrogen-bond acceptors (Lipinski definition) is 10. The van der Waals surface area contributed by atoms with Crippen molar-refractivity contribution in [2.45, 2.75) is 45.3 Å². The van der Waals surface area contributed by atoms with Gasteiger partial charge in [0, 0.05) is 20.8 Å². The molecule has 12 nitrogen and oxygen atoms in total. The second kappa shape index (κ2) is 8.43. The van der Waals surface area contributed by atoms with Gasteiger partial charge in [0.15, 0.2) is 12.4 Å². The Morgan fingerprint density at radius 3 is 2.33 bits per heavy atom. The Labute approximate surface area is 161 Å². The monoisotopic (exact) mass is 449 g/mol. The Kier molecular flexibility index (Phi) is 6.49. The van der Waals surface area contributed by atoms with Crippen molar-refractivity contribution < 1.29 is 38.3 Å². The molecule has 13 heteroatoms. The maximum atomic E-state index is 11.5. The van der Waals surface area contributed by atoms with Gasteiger partial charge in [0.1, 0.15) is 12.7 Å². The van der Waals surface area contributed by atoms with E-state index in [1.807, 2.05) is 0 Å². The predicted molar refractivity (Wildman–Crippen MR) is 88.2 cm³/mol. The van der Waals surface area contributed by atoms with E-state index >= 15 is 0 Å². The molecule has 2 heterocycles. The summed E-state index contributed by atoms with van der Waals surface area (Å²) in [6.45, 7) is 3.12. The number of carbonyl (C=O) groups excluding carboxylic acids is 3. The Morgan fingerprint density at radius 2 is 1.81 bits per heavy atom. The smallest absolute Gasteiger partial charge is 0.359 e. The van der Waals surface area contributed by atoms with Gasteiger partial charge in [0.25, 0.3) is 0 Å². The zero-order chi connectivity index (χ0) is 20.3. The van der Waals surface area contributed by atoms with E-state index in [1.54, 1.807) is 0 Å². The van der Waals surface area contributed by atoms with E-state index in [2.05, 4.69) is 20.9 Å². The van der Waals surface area contributed by atoms with Gasteiger partial charge >= 0.3 is 23.7 Å². The van der Waals surface area contributed by atoms with Crippen molar-refractivity contribution in [3.05, 3.63) is 21.0 Å². The zero-order valence-corrected chi connectivity index (χ0v) is 16.1. The van der Waals surface area contributed by atoms with Crippen LogP contribution < -0.4 is 0 Å². The highest BCUT2D eigenvalue weighted by molar-refractivity contribution is 9.10. The minimum absolute atomic E-state index is 0.0647. The normalized spacial score (nSPS) is 24.3. The summed E-state index contributed by atoms with van der Waals surface area (Å²) >= 11 is 2.96. The van der Waals surface area contributed by atoms with Crippen LogP contribution in [0.5, 0.6) is 0 Å². The van der Waals surface area contributed by atoms with E-state index in [0.717, 1.165) is 24.7 Å². The van der Waals surface area contributed by atoms with Crippen LogP contribution in [0.4, 0.5) is 5.82 Å². The zero-order valence-electron chi connectivity index (χ0n) is 14.5. The summed E-state index contributed by atoms with van der Waals surface area (Å²) < 4.78 is 21.9. The van der Waals surface area contributed by atoms with Crippen LogP contribution in [0, 0.1) is 10.1 Å². The van der Waals surface area contributed by atoms with E-state index in [-0.39, 0.29) is 11.2 Å². The van der Waals surface area contributed by atoms with Gasteiger partial charge < -0.3 is 29.1 Å². The Hall–Kier alpha value is -2.54. The average Bonchev–Trinajstić information content (AvgIpc) is 3.06. The third-order valence-electron chi connectivity index (χ3n) is 3.51. The summed E-state index contributed by atoms with van der Waals surface area (Å²) in [5.74, 6) is -2.48. The quantitative estimate of drug-likeness (QED) is 0.265. The van der Waals surface area contributed by atoms with Crippen LogP contribution in [0.3, 0.4) is 0 Å². The first-order chi connectivity index (χ1) is 12.6. The number of imidazole rings is 1. The van der Waals surface area contributed by atoms with Crippen molar-refractivity contribution in [2.75, 3.05) is 6.61 Å². The average molecular weight is 450 g/mol. The first-order valence-corrected chi connectivity index (χ1v) is 8.41. The van der Waals surface area contributed by atoms with Gasteiger partial charge in [-0.05, 0) is 20.9 Å². The molecule has 0 aliphatic carbocycles. The number of hydrogen-bond donors (Lipinski definition) is 0. The molecule has 1 aliphatic heterocycles. The molecule has 0 bridgehead atoms. The van der Waals surface area contributed by atoms with Crippen LogP contribution in [-0.2, 0) is 33.3 Å². The number of ether oxygens (including phenoxy) is 4. The molecule has 0 N–H and O–H groups in total. The molecule has 1 aliphatic rings. The van der Waals surface area contributed by atoms with Crippen LogP contribution in [0.2, 0.25) is 0 Å². The highest BCUT2D eigenvalue weighted by Crippen LogP contribution is 2.38. The Balaban J connectivity index is 2.44. The maximum absolute atomic E-state index is 11.5. The maximum Gasteiger partial charge on any atom is 0.359 e. The lowest BCUT2D eigenvalue weighted by atomic mass is 10.1. The SMILES string of the molecule is CC(=O)OC[C@@H]1O[C@@H](n2cnc(Br)c2[N+](=O)[O-])[C@@H](OC(C)=O)[C@@H]1OC(C)=O. The molecule has 1 saturated heterocycles. The number of nitrogens with zero attached hydrogens (tertiary/aromatic N) is 3. The van der Waals surface area contributed by atoms with Crippen molar-refractivity contribution in [3.63, 3.8) is 0 Å². The lowest BCUT2D eigenvalue weighted by Crippen LogP contribution is -2.40. The van der Waals surface area contributed by atoms with Crippen molar-refractivity contribution in [2.24, 2.45) is 0 Å². The van der Waals surface area contributed by atoms with E-state index in [1.165, 1.54) is 6.92 Å². The Bertz CT molecular complexity index is 765. The molecular formula is C14H16BrN3O9. The van der Waals surface area contributed by atoms with Crippen LogP contribution in [-0.4, -0.2) is 57.3 Å². The van der Waals surface area contributed by atoms with Crippen molar-refractivity contribution in [1.29, 1.82) is 0 Å². The molecular weight excluding hydrogens is 434 g/mol. The molecule has 4 atom stereocenters. The van der Waals surface area contributed by atoms with Gasteiger partial charge in [-0.3, -0.25) is 14.4 Å². The molecule has 0 saturated carbocycles. The summed E-state index contributed by atoms with van der Waals surface area (Å²) in [6, 6.07) is 0. The third kappa shape index (κ3) is 4.80. The van der Waals surface area contributed by atoms with Gasteiger partial charge in [-0.25, -0.2) is 4.98 Å². The second-order valence-corrected chi connectivity index (χ2v) is 6.29. The summed E-state index contributed by atoms with van der Waals surface area (Å²) in [7, 11) is 0. The highest BCUT2D eigenvalue weighted by Gasteiger charge is 2.54. The molecule has 1 aromatic rings. The first-order valence-electron chi connectivity index (χ1n) is 7.61. The van der Waals surface area contributed by atoms with Gasteiger partial charge in [0.2, 0.25) is 16.9 Å². The Morgan fingerprint density at radius 1 is 1.22 bits per heavy atom. The molecule has 2 rings (SSSR count). The standard InChI is InChI=1S/C14H16BrN3O9/c1-6(19)24-4-9-10(25-7(2)20)11(26-8(3)21)14(27-9)17-5-16-12(15)13(17)18(22)23/h5,9-11,14H,4H2,1-3H3/t9-,10+,11-,14+/m0/s1. The number of nitro groups is 1. The number of rotatable bonds is 6. The van der Waals surface area contributed by atoms with Crippen LogP contribution >= 0.6 is 15.9 Å². The van der Waals surface area contributed by atoms with Gasteiger partial charge in [-0.2, -0.15) is 4.57 Å². The third-order valence-corrected chi connectivity index (χ3v) is 4.07. The van der Waals surface area contributed by atoms with E-state index in [0.29, 0.717) is 0 Å². The fraction of sp³-hybridized carbons (Fsp3) is 0.571. The topological polar surface area (TPSA) is 149 Å². The van der Waals surface area contributed by atoms with Gasteiger partial charge in [0.05, 0.1) is 0 Å². The summed E-state index contributed by atoms with van der Waals surface area (Å²) in [6.07, 6.45) is -3.53. The van der Waals surface area contributed by atoms with Crippen LogP contribution in [0.15, 0.2) is 10.9 Å². The molecule has 0 amide bonds. The minimum Gasteiger partial charge on any atom is -0.463 e. The number of esters is 3. The largest absolute Gasteiger partial charge is 0.463 e. The highest BCUT2D eigenvalue weighted by atomic mass is 79.9. The van der Waals surface area contributed by atoms with Crippen molar-refractivity contribution in [1.82, 2.24) is 9.55 Å². The van der Waals surface area contributed by atoms with Crippen molar-refractivity contribution in [3.8, 4) is 0 Å². The predicted octanol–water partition coefficient (Wildman–Crippen LogP) is 0.878. The summed E-state index contributed by atoms with van der Waals surface area (Å²) in [5, 5.41) is 11.3. The molecule has 0 radical (unpaired) electrons. The van der Waals surface area contributed by atoms with Gasteiger partial charge in [-0.15, -0.1) is 0 Å². The lowest BCUT2D eigenvalue weighted by molar-refractivity contribution is -0.395. The molecule has 148 valence electrons. The minimum atomic E-state index is -1.24. The molecule has 27 heavy (non-hydrogen) atoms. The number of halogens is 1. The number of aromatic nitrogens is 2. The van der Waals surface area contributed by atoms with Gasteiger partial charge in [-0.1, -0.05) is 0 Å². The molecule has 0 aromatic carbocycles. The first kappa shape index (κ1) is 20.8. The van der Waals surface area contributed by atoms with Crippen LogP contribution in [0.25, 0.3) is 0 Å². The second-order valence-electron chi connectivity index (χ2n) is 5.54. The molecule has 1 aromatic heterocycles. The van der Waals surface area contributed by atoms with Crippen LogP contribution in [0.1, 0.15) is 27.0 Å². The fourth-order valence-electron chi connectivity index (χ4n) is 2.60. The fourth-order valence-corrected chi connectivity index (χ4v) is 3.05. The van der Waals surface area contributed by atoms with E-state index in [4.69, 9.17) is 18.9 Å². The van der Waals surface area contributed by atoms with E-state index < -0.39 is 53.2 Å². The summed E-state index contributed by atoms with van der Waals surface area (Å²) in [4.78, 5) is 48.6.